The molecule has 0 bridgehead atoms. The Kier molecular flexibility index (Phi) is 6.00. The van der Waals surface area contributed by atoms with Crippen molar-refractivity contribution in [3.8, 4) is 0 Å². The average molecular weight is 354 g/mol. The lowest BCUT2D eigenvalue weighted by atomic mass is 10.1. The van der Waals surface area contributed by atoms with E-state index in [0.29, 0.717) is 24.1 Å². The molecule has 0 radical (unpaired) electrons. The number of halogens is 1. The fraction of sp³-hybridized carbons (Fsp3) is 0.333. The molecule has 0 unspecified atom stereocenters. The third-order valence-electron chi connectivity index (χ3n) is 4.71. The van der Waals surface area contributed by atoms with Gasteiger partial charge in [0.05, 0.1) is 0 Å². The topological polar surface area (TPSA) is 58.2 Å². The smallest absolute Gasteiger partial charge is 0.251 e. The van der Waals surface area contributed by atoms with Crippen molar-refractivity contribution in [2.24, 2.45) is 0 Å². The van der Waals surface area contributed by atoms with Crippen LogP contribution < -0.4 is 10.6 Å². The average Bonchev–Trinajstić information content (AvgIpc) is 3.16. The molecule has 0 spiro atoms. The van der Waals surface area contributed by atoms with E-state index in [0.717, 1.165) is 18.4 Å². The van der Waals surface area contributed by atoms with Crippen LogP contribution in [0.2, 0.25) is 0 Å². The summed E-state index contributed by atoms with van der Waals surface area (Å²) in [5, 5.41) is 5.87. The van der Waals surface area contributed by atoms with Crippen molar-refractivity contribution >= 4 is 11.8 Å². The van der Waals surface area contributed by atoms with Gasteiger partial charge in [-0.25, -0.2) is 4.39 Å². The lowest BCUT2D eigenvalue weighted by Gasteiger charge is -2.12. The maximum Gasteiger partial charge on any atom is 0.251 e. The minimum absolute atomic E-state index is 0.0832. The highest BCUT2D eigenvalue weighted by Gasteiger charge is 2.18. The van der Waals surface area contributed by atoms with E-state index >= 15 is 0 Å². The Bertz CT molecular complexity index is 751. The summed E-state index contributed by atoms with van der Waals surface area (Å²) in [6.45, 7) is 0.467. The summed E-state index contributed by atoms with van der Waals surface area (Å²) in [6, 6.07) is 13.2. The van der Waals surface area contributed by atoms with Crippen molar-refractivity contribution in [3.63, 3.8) is 0 Å². The summed E-state index contributed by atoms with van der Waals surface area (Å²) >= 11 is 0. The van der Waals surface area contributed by atoms with Crippen LogP contribution in [0.3, 0.4) is 0 Å². The minimum Gasteiger partial charge on any atom is -0.352 e. The van der Waals surface area contributed by atoms with Crippen molar-refractivity contribution in [3.05, 3.63) is 71.0 Å². The Hall–Kier alpha value is -2.69. The predicted molar refractivity (Wildman–Crippen MR) is 98.6 cm³/mol. The van der Waals surface area contributed by atoms with E-state index in [9.17, 15) is 14.0 Å². The normalized spacial score (nSPS) is 14.2. The molecule has 0 atom stereocenters. The highest BCUT2D eigenvalue weighted by molar-refractivity contribution is 5.97. The van der Waals surface area contributed by atoms with Gasteiger partial charge in [0.15, 0.2) is 0 Å². The molecular weight excluding hydrogens is 331 g/mol. The molecular formula is C21H23FN2O2. The van der Waals surface area contributed by atoms with E-state index < -0.39 is 0 Å². The molecule has 0 saturated heterocycles. The zero-order chi connectivity index (χ0) is 18.4. The first kappa shape index (κ1) is 18.1. The molecule has 2 aromatic carbocycles. The van der Waals surface area contributed by atoms with Crippen LogP contribution in [0.1, 0.15) is 52.0 Å². The van der Waals surface area contributed by atoms with E-state index in [4.69, 9.17) is 0 Å². The number of nitrogens with one attached hydrogen (secondary N) is 2. The summed E-state index contributed by atoms with van der Waals surface area (Å²) in [5.41, 5.74) is 2.05. The van der Waals surface area contributed by atoms with E-state index in [1.54, 1.807) is 36.4 Å². The highest BCUT2D eigenvalue weighted by atomic mass is 19.1. The lowest BCUT2D eigenvalue weighted by molar-refractivity contribution is 0.0931. The second kappa shape index (κ2) is 8.61. The van der Waals surface area contributed by atoms with Gasteiger partial charge in [0.25, 0.3) is 11.8 Å². The maximum atomic E-state index is 12.9. The molecule has 0 aliphatic heterocycles. The summed E-state index contributed by atoms with van der Waals surface area (Å²) in [5.74, 6) is -0.537. The van der Waals surface area contributed by atoms with Gasteiger partial charge in [0.2, 0.25) is 0 Å². The molecule has 2 aromatic rings. The second-order valence-electron chi connectivity index (χ2n) is 6.66. The first-order valence-electron chi connectivity index (χ1n) is 9.05. The van der Waals surface area contributed by atoms with Gasteiger partial charge in [-0.15, -0.1) is 0 Å². The highest BCUT2D eigenvalue weighted by Crippen LogP contribution is 2.18. The van der Waals surface area contributed by atoms with Gasteiger partial charge in [0.1, 0.15) is 5.82 Å². The number of carbonyl (C=O) groups excluding carboxylic acids is 2. The van der Waals surface area contributed by atoms with Crippen molar-refractivity contribution in [1.82, 2.24) is 10.6 Å². The predicted octanol–water partition coefficient (Wildman–Crippen LogP) is 3.47. The fourth-order valence-corrected chi connectivity index (χ4v) is 3.19. The van der Waals surface area contributed by atoms with E-state index in [-0.39, 0.29) is 23.7 Å². The third kappa shape index (κ3) is 4.91. The Labute approximate surface area is 152 Å². The molecule has 4 nitrogen and oxygen atoms in total. The molecule has 1 fully saturated rings. The van der Waals surface area contributed by atoms with Crippen LogP contribution in [0.5, 0.6) is 0 Å². The Morgan fingerprint density at radius 1 is 0.885 bits per heavy atom. The summed E-state index contributed by atoms with van der Waals surface area (Å²) in [7, 11) is 0. The first-order chi connectivity index (χ1) is 12.6. The van der Waals surface area contributed by atoms with Gasteiger partial charge in [-0.1, -0.05) is 25.0 Å². The number of carbonyl (C=O) groups is 2. The largest absolute Gasteiger partial charge is 0.352 e. The van der Waals surface area contributed by atoms with Crippen LogP contribution in [-0.2, 0) is 6.42 Å². The molecule has 1 saturated carbocycles. The number of amides is 2. The molecule has 2 N–H and O–H groups in total. The van der Waals surface area contributed by atoms with Gasteiger partial charge in [-0.2, -0.15) is 0 Å². The second-order valence-corrected chi connectivity index (χ2v) is 6.66. The fourth-order valence-electron chi connectivity index (χ4n) is 3.19. The molecule has 3 rings (SSSR count). The number of hydrogen-bond acceptors (Lipinski definition) is 2. The van der Waals surface area contributed by atoms with Crippen LogP contribution in [0, 0.1) is 5.82 Å². The number of benzene rings is 2. The van der Waals surface area contributed by atoms with Gasteiger partial charge in [-0.3, -0.25) is 9.59 Å². The maximum absolute atomic E-state index is 12.9. The summed E-state index contributed by atoms with van der Waals surface area (Å²) < 4.78 is 12.9. The van der Waals surface area contributed by atoms with Crippen LogP contribution >= 0.6 is 0 Å². The third-order valence-corrected chi connectivity index (χ3v) is 4.71. The standard InChI is InChI=1S/C21H23FN2O2/c22-18-11-5-15(6-12-18)13-14-23-20(25)16-7-9-17(10-8-16)21(26)24-19-3-1-2-4-19/h5-12,19H,1-4,13-14H2,(H,23,25)(H,24,26). The van der Waals surface area contributed by atoms with Gasteiger partial charge in [-0.05, 0) is 61.2 Å². The van der Waals surface area contributed by atoms with Crippen molar-refractivity contribution < 1.29 is 14.0 Å². The first-order valence-corrected chi connectivity index (χ1v) is 9.05. The summed E-state index contributed by atoms with van der Waals surface area (Å²) in [4.78, 5) is 24.4. The molecule has 1 aliphatic carbocycles. The molecule has 0 heterocycles. The molecule has 2 amide bonds. The van der Waals surface area contributed by atoms with E-state index in [1.165, 1.54) is 25.0 Å². The zero-order valence-electron chi connectivity index (χ0n) is 14.6. The van der Waals surface area contributed by atoms with Gasteiger partial charge >= 0.3 is 0 Å². The lowest BCUT2D eigenvalue weighted by Crippen LogP contribution is -2.32. The van der Waals surface area contributed by atoms with E-state index in [1.807, 2.05) is 0 Å². The monoisotopic (exact) mass is 354 g/mol. The zero-order valence-corrected chi connectivity index (χ0v) is 14.6. The molecule has 26 heavy (non-hydrogen) atoms. The van der Waals surface area contributed by atoms with E-state index in [2.05, 4.69) is 10.6 Å². The van der Waals surface area contributed by atoms with Crippen molar-refractivity contribution in [1.29, 1.82) is 0 Å². The van der Waals surface area contributed by atoms with Crippen LogP contribution in [0.4, 0.5) is 4.39 Å². The minimum atomic E-state index is -0.269. The van der Waals surface area contributed by atoms with Gasteiger partial charge in [0, 0.05) is 23.7 Å². The van der Waals surface area contributed by atoms with Crippen molar-refractivity contribution in [2.75, 3.05) is 6.54 Å². The molecule has 136 valence electrons. The number of hydrogen-bond donors (Lipinski definition) is 2. The quantitative estimate of drug-likeness (QED) is 0.834. The van der Waals surface area contributed by atoms with Crippen LogP contribution in [0.15, 0.2) is 48.5 Å². The SMILES string of the molecule is O=C(NCCc1ccc(F)cc1)c1ccc(C(=O)NC2CCCC2)cc1. The Balaban J connectivity index is 1.48. The van der Waals surface area contributed by atoms with Crippen molar-refractivity contribution in [2.45, 2.75) is 38.1 Å². The van der Waals surface area contributed by atoms with Gasteiger partial charge < -0.3 is 10.6 Å². The molecule has 1 aliphatic rings. The van der Waals surface area contributed by atoms with Crippen LogP contribution in [-0.4, -0.2) is 24.4 Å². The summed E-state index contributed by atoms with van der Waals surface area (Å²) in [6.07, 6.45) is 5.05. The van der Waals surface area contributed by atoms with Crippen LogP contribution in [0.25, 0.3) is 0 Å². The molecule has 5 heteroatoms. The molecule has 0 aromatic heterocycles. The number of rotatable bonds is 6. The Morgan fingerprint density at radius 2 is 1.46 bits per heavy atom. The Morgan fingerprint density at radius 3 is 2.08 bits per heavy atom.